The summed E-state index contributed by atoms with van der Waals surface area (Å²) < 4.78 is 5.68. The van der Waals surface area contributed by atoms with Crippen molar-refractivity contribution in [1.29, 1.82) is 0 Å². The molecule has 0 N–H and O–H groups in total. The van der Waals surface area contributed by atoms with Crippen molar-refractivity contribution in [3.8, 4) is 5.75 Å². The highest BCUT2D eigenvalue weighted by Gasteiger charge is 2.10. The minimum absolute atomic E-state index is 0. The van der Waals surface area contributed by atoms with Crippen molar-refractivity contribution in [2.45, 2.75) is 19.8 Å². The summed E-state index contributed by atoms with van der Waals surface area (Å²) in [4.78, 5) is 2.47. The minimum Gasteiger partial charge on any atom is -0.492 e. The van der Waals surface area contributed by atoms with Crippen LogP contribution < -0.4 is 4.74 Å². The van der Waals surface area contributed by atoms with Crippen molar-refractivity contribution in [2.75, 3.05) is 26.2 Å². The molecule has 0 amide bonds. The topological polar surface area (TPSA) is 12.5 Å². The van der Waals surface area contributed by atoms with Gasteiger partial charge in [-0.2, -0.15) is 0 Å². The third-order valence-electron chi connectivity index (χ3n) is 2.90. The van der Waals surface area contributed by atoms with E-state index in [2.05, 4.69) is 24.0 Å². The molecule has 1 fully saturated rings. The second kappa shape index (κ2) is 6.77. The van der Waals surface area contributed by atoms with E-state index in [0.717, 1.165) is 18.9 Å². The molecule has 3 heteroatoms. The number of hydrogen-bond acceptors (Lipinski definition) is 2. The average molecular weight is 242 g/mol. The fourth-order valence-electron chi connectivity index (χ4n) is 1.93. The molecule has 1 aromatic rings. The molecule has 0 radical (unpaired) electrons. The number of rotatable bonds is 4. The highest BCUT2D eigenvalue weighted by molar-refractivity contribution is 5.85. The van der Waals surface area contributed by atoms with Crippen LogP contribution in [0.1, 0.15) is 18.4 Å². The molecule has 2 nitrogen and oxygen atoms in total. The first-order valence-corrected chi connectivity index (χ1v) is 5.76. The molecule has 0 atom stereocenters. The van der Waals surface area contributed by atoms with Crippen LogP contribution in [0.4, 0.5) is 0 Å². The van der Waals surface area contributed by atoms with Crippen LogP contribution >= 0.6 is 12.4 Å². The fraction of sp³-hybridized carbons (Fsp3) is 0.538. The second-order valence-corrected chi connectivity index (χ2v) is 4.21. The number of aryl methyl sites for hydroxylation is 1. The van der Waals surface area contributed by atoms with Crippen LogP contribution in [0.3, 0.4) is 0 Å². The molecule has 1 aromatic carbocycles. The molecule has 0 spiro atoms. The third kappa shape index (κ3) is 4.03. The summed E-state index contributed by atoms with van der Waals surface area (Å²) in [6, 6.07) is 8.26. The van der Waals surface area contributed by atoms with Crippen molar-refractivity contribution < 1.29 is 4.74 Å². The van der Waals surface area contributed by atoms with E-state index in [-0.39, 0.29) is 12.4 Å². The van der Waals surface area contributed by atoms with E-state index < -0.39 is 0 Å². The molecule has 1 saturated heterocycles. The molecule has 1 aliphatic rings. The van der Waals surface area contributed by atoms with Crippen LogP contribution in [-0.4, -0.2) is 31.1 Å². The first-order chi connectivity index (χ1) is 7.34. The Morgan fingerprint density at radius 3 is 2.38 bits per heavy atom. The zero-order valence-corrected chi connectivity index (χ0v) is 10.6. The number of halogens is 1. The minimum atomic E-state index is 0. The molecule has 0 aromatic heterocycles. The highest BCUT2D eigenvalue weighted by atomic mass is 35.5. The maximum absolute atomic E-state index is 5.68. The predicted molar refractivity (Wildman–Crippen MR) is 69.6 cm³/mol. The van der Waals surface area contributed by atoms with Crippen LogP contribution in [0.2, 0.25) is 0 Å². The third-order valence-corrected chi connectivity index (χ3v) is 2.90. The van der Waals surface area contributed by atoms with Crippen molar-refractivity contribution in [3.05, 3.63) is 29.8 Å². The zero-order chi connectivity index (χ0) is 10.5. The maximum atomic E-state index is 5.68. The summed E-state index contributed by atoms with van der Waals surface area (Å²) in [5.41, 5.74) is 1.28. The van der Waals surface area contributed by atoms with Gasteiger partial charge in [0.25, 0.3) is 0 Å². The monoisotopic (exact) mass is 241 g/mol. The maximum Gasteiger partial charge on any atom is 0.119 e. The van der Waals surface area contributed by atoms with E-state index in [9.17, 15) is 0 Å². The van der Waals surface area contributed by atoms with Gasteiger partial charge in [-0.1, -0.05) is 17.7 Å². The Kier molecular flexibility index (Phi) is 5.64. The Balaban J connectivity index is 0.00000128. The normalized spacial score (nSPS) is 15.8. The van der Waals surface area contributed by atoms with Crippen molar-refractivity contribution in [1.82, 2.24) is 4.90 Å². The van der Waals surface area contributed by atoms with Gasteiger partial charge in [0.05, 0.1) is 0 Å². The molecule has 0 unspecified atom stereocenters. The zero-order valence-electron chi connectivity index (χ0n) is 9.82. The Bertz CT molecular complexity index is 293. The Morgan fingerprint density at radius 1 is 1.12 bits per heavy atom. The molecular weight excluding hydrogens is 222 g/mol. The van der Waals surface area contributed by atoms with Gasteiger partial charge in [0, 0.05) is 6.54 Å². The smallest absolute Gasteiger partial charge is 0.119 e. The van der Waals surface area contributed by atoms with Gasteiger partial charge in [-0.15, -0.1) is 12.4 Å². The molecule has 0 saturated carbocycles. The van der Waals surface area contributed by atoms with Crippen LogP contribution in [-0.2, 0) is 0 Å². The lowest BCUT2D eigenvalue weighted by Crippen LogP contribution is -2.25. The van der Waals surface area contributed by atoms with Crippen molar-refractivity contribution in [2.24, 2.45) is 0 Å². The van der Waals surface area contributed by atoms with Crippen LogP contribution in [0, 0.1) is 6.92 Å². The first kappa shape index (κ1) is 13.3. The Hall–Kier alpha value is -0.730. The summed E-state index contributed by atoms with van der Waals surface area (Å²) in [7, 11) is 0. The number of nitrogens with zero attached hydrogens (tertiary/aromatic N) is 1. The summed E-state index contributed by atoms with van der Waals surface area (Å²) >= 11 is 0. The van der Waals surface area contributed by atoms with Gasteiger partial charge < -0.3 is 4.74 Å². The van der Waals surface area contributed by atoms with Gasteiger partial charge in [-0.3, -0.25) is 4.90 Å². The summed E-state index contributed by atoms with van der Waals surface area (Å²) in [5, 5.41) is 0. The van der Waals surface area contributed by atoms with Crippen molar-refractivity contribution >= 4 is 12.4 Å². The number of hydrogen-bond donors (Lipinski definition) is 0. The second-order valence-electron chi connectivity index (χ2n) is 4.21. The van der Waals surface area contributed by atoms with E-state index in [0.29, 0.717) is 0 Å². The molecule has 16 heavy (non-hydrogen) atoms. The molecule has 0 bridgehead atoms. The van der Waals surface area contributed by atoms with E-state index >= 15 is 0 Å². The lowest BCUT2D eigenvalue weighted by atomic mass is 10.2. The molecule has 0 aliphatic carbocycles. The van der Waals surface area contributed by atoms with Gasteiger partial charge in [-0.25, -0.2) is 0 Å². The fourth-order valence-corrected chi connectivity index (χ4v) is 1.93. The highest BCUT2D eigenvalue weighted by Crippen LogP contribution is 2.12. The molecule has 1 heterocycles. The summed E-state index contributed by atoms with van der Waals surface area (Å²) in [5.74, 6) is 0.986. The van der Waals surface area contributed by atoms with Crippen molar-refractivity contribution in [3.63, 3.8) is 0 Å². The molecule has 1 aliphatic heterocycles. The molecular formula is C13H20ClNO. The standard InChI is InChI=1S/C13H19NO.ClH/c1-12-4-6-13(7-5-12)15-11-10-14-8-2-3-9-14;/h4-7H,2-3,8-11H2,1H3;1H. The summed E-state index contributed by atoms with van der Waals surface area (Å²) in [6.45, 7) is 6.46. The van der Waals surface area contributed by atoms with Gasteiger partial charge in [-0.05, 0) is 45.0 Å². The number of likely N-dealkylation sites (tertiary alicyclic amines) is 1. The summed E-state index contributed by atoms with van der Waals surface area (Å²) in [6.07, 6.45) is 2.70. The Morgan fingerprint density at radius 2 is 1.75 bits per heavy atom. The predicted octanol–water partition coefficient (Wildman–Crippen LogP) is 2.89. The molecule has 2 rings (SSSR count). The lowest BCUT2D eigenvalue weighted by Gasteiger charge is -2.14. The molecule has 90 valence electrons. The van der Waals surface area contributed by atoms with Crippen LogP contribution in [0.15, 0.2) is 24.3 Å². The van der Waals surface area contributed by atoms with Gasteiger partial charge in [0.1, 0.15) is 12.4 Å². The van der Waals surface area contributed by atoms with Gasteiger partial charge in [0.2, 0.25) is 0 Å². The first-order valence-electron chi connectivity index (χ1n) is 5.76. The SMILES string of the molecule is Cc1ccc(OCCN2CCCC2)cc1.Cl. The lowest BCUT2D eigenvalue weighted by molar-refractivity contribution is 0.238. The van der Waals surface area contributed by atoms with E-state index in [4.69, 9.17) is 4.74 Å². The Labute approximate surface area is 104 Å². The quantitative estimate of drug-likeness (QED) is 0.804. The largest absolute Gasteiger partial charge is 0.492 e. The van der Waals surface area contributed by atoms with Crippen LogP contribution in [0.25, 0.3) is 0 Å². The van der Waals surface area contributed by atoms with E-state index in [1.165, 1.54) is 31.5 Å². The van der Waals surface area contributed by atoms with E-state index in [1.54, 1.807) is 0 Å². The number of benzene rings is 1. The number of ether oxygens (including phenoxy) is 1. The van der Waals surface area contributed by atoms with Crippen LogP contribution in [0.5, 0.6) is 5.75 Å². The van der Waals surface area contributed by atoms with E-state index in [1.807, 2.05) is 12.1 Å². The average Bonchev–Trinajstić information content (AvgIpc) is 2.74. The van der Waals surface area contributed by atoms with Gasteiger partial charge >= 0.3 is 0 Å². The van der Waals surface area contributed by atoms with Gasteiger partial charge in [0.15, 0.2) is 0 Å².